The van der Waals surface area contributed by atoms with Gasteiger partial charge in [0.25, 0.3) is 5.91 Å². The molecule has 4 heteroatoms. The fourth-order valence-corrected chi connectivity index (χ4v) is 2.29. The highest BCUT2D eigenvalue weighted by molar-refractivity contribution is 7.98. The third kappa shape index (κ3) is 2.54. The first-order chi connectivity index (χ1) is 8.76. The number of aromatic nitrogens is 1. The minimum absolute atomic E-state index is 0.0715. The summed E-state index contributed by atoms with van der Waals surface area (Å²) >= 11 is 1.61. The molecule has 2 aromatic rings. The third-order valence-corrected chi connectivity index (χ3v) is 3.36. The lowest BCUT2D eigenvalue weighted by molar-refractivity contribution is 0.0963. The van der Waals surface area contributed by atoms with Crippen LogP contribution in [0.4, 0.5) is 0 Å². The summed E-state index contributed by atoms with van der Waals surface area (Å²) in [5, 5.41) is 3.60. The van der Waals surface area contributed by atoms with E-state index >= 15 is 0 Å². The zero-order valence-corrected chi connectivity index (χ0v) is 11.1. The molecule has 0 saturated carbocycles. The second-order valence-corrected chi connectivity index (χ2v) is 4.51. The largest absolute Gasteiger partial charge is 0.355 e. The molecule has 92 valence electrons. The molecule has 0 atom stereocenters. The lowest BCUT2D eigenvalue weighted by Crippen LogP contribution is -2.17. The summed E-state index contributed by atoms with van der Waals surface area (Å²) in [5.74, 6) is -0.0715. The Balaban J connectivity index is 2.37. The lowest BCUT2D eigenvalue weighted by atomic mass is 10.1. The minimum atomic E-state index is -0.0715. The summed E-state index contributed by atoms with van der Waals surface area (Å²) in [6, 6.07) is 11.5. The Morgan fingerprint density at radius 2 is 1.94 bits per heavy atom. The SMILES string of the molecule is CNC(=O)c1ccc(-c2cccnc2SC)cc1. The van der Waals surface area contributed by atoms with E-state index in [9.17, 15) is 4.79 Å². The maximum Gasteiger partial charge on any atom is 0.251 e. The average Bonchev–Trinajstić information content (AvgIpc) is 2.46. The second-order valence-electron chi connectivity index (χ2n) is 3.72. The molecule has 0 fully saturated rings. The summed E-state index contributed by atoms with van der Waals surface area (Å²) < 4.78 is 0. The zero-order chi connectivity index (χ0) is 13.0. The Kier molecular flexibility index (Phi) is 3.99. The summed E-state index contributed by atoms with van der Waals surface area (Å²) in [5.41, 5.74) is 2.82. The Hall–Kier alpha value is -1.81. The van der Waals surface area contributed by atoms with E-state index in [2.05, 4.69) is 10.3 Å². The van der Waals surface area contributed by atoms with Crippen LogP contribution < -0.4 is 5.32 Å². The number of pyridine rings is 1. The molecule has 3 nitrogen and oxygen atoms in total. The number of nitrogens with zero attached hydrogens (tertiary/aromatic N) is 1. The first-order valence-electron chi connectivity index (χ1n) is 5.58. The van der Waals surface area contributed by atoms with Gasteiger partial charge in [0.1, 0.15) is 5.03 Å². The van der Waals surface area contributed by atoms with Gasteiger partial charge in [-0.25, -0.2) is 4.98 Å². The van der Waals surface area contributed by atoms with Crippen LogP contribution in [0.1, 0.15) is 10.4 Å². The second kappa shape index (κ2) is 5.69. The highest BCUT2D eigenvalue weighted by Crippen LogP contribution is 2.28. The maximum absolute atomic E-state index is 11.5. The summed E-state index contributed by atoms with van der Waals surface area (Å²) in [6.45, 7) is 0. The van der Waals surface area contributed by atoms with Crippen molar-refractivity contribution in [3.05, 3.63) is 48.2 Å². The third-order valence-electron chi connectivity index (χ3n) is 2.65. The van der Waals surface area contributed by atoms with Crippen LogP contribution in [0.5, 0.6) is 0 Å². The van der Waals surface area contributed by atoms with Crippen molar-refractivity contribution < 1.29 is 4.79 Å². The molecule has 0 spiro atoms. The van der Waals surface area contributed by atoms with Crippen LogP contribution in [0.25, 0.3) is 11.1 Å². The van der Waals surface area contributed by atoms with Crippen LogP contribution in [-0.4, -0.2) is 24.2 Å². The zero-order valence-electron chi connectivity index (χ0n) is 10.3. The minimum Gasteiger partial charge on any atom is -0.355 e. The van der Waals surface area contributed by atoms with E-state index < -0.39 is 0 Å². The van der Waals surface area contributed by atoms with Gasteiger partial charge in [0.2, 0.25) is 0 Å². The summed E-state index contributed by atoms with van der Waals surface area (Å²) in [4.78, 5) is 15.8. The van der Waals surface area contributed by atoms with Crippen molar-refractivity contribution in [2.75, 3.05) is 13.3 Å². The van der Waals surface area contributed by atoms with E-state index in [1.54, 1.807) is 25.0 Å². The molecule has 2 rings (SSSR count). The highest BCUT2D eigenvalue weighted by Gasteiger charge is 2.07. The van der Waals surface area contributed by atoms with Crippen LogP contribution in [0, 0.1) is 0 Å². The van der Waals surface area contributed by atoms with Gasteiger partial charge in [-0.15, -0.1) is 11.8 Å². The maximum atomic E-state index is 11.5. The number of thioether (sulfide) groups is 1. The number of nitrogens with one attached hydrogen (secondary N) is 1. The van der Waals surface area contributed by atoms with Crippen molar-refractivity contribution in [3.8, 4) is 11.1 Å². The van der Waals surface area contributed by atoms with Gasteiger partial charge in [-0.2, -0.15) is 0 Å². The molecular weight excluding hydrogens is 244 g/mol. The molecule has 1 N–H and O–H groups in total. The molecule has 1 aromatic heterocycles. The van der Waals surface area contributed by atoms with E-state index in [-0.39, 0.29) is 5.91 Å². The number of benzene rings is 1. The Morgan fingerprint density at radius 3 is 2.56 bits per heavy atom. The van der Waals surface area contributed by atoms with E-state index in [4.69, 9.17) is 0 Å². The number of carbonyl (C=O) groups is 1. The average molecular weight is 258 g/mol. The smallest absolute Gasteiger partial charge is 0.251 e. The standard InChI is InChI=1S/C14H14N2OS/c1-15-13(17)11-7-5-10(6-8-11)12-4-3-9-16-14(12)18-2/h3-9H,1-2H3,(H,15,17). The van der Waals surface area contributed by atoms with E-state index in [0.717, 1.165) is 16.2 Å². The van der Waals surface area contributed by atoms with E-state index in [1.807, 2.05) is 42.7 Å². The highest BCUT2D eigenvalue weighted by atomic mass is 32.2. The Labute approximate surface area is 111 Å². The number of carbonyl (C=O) groups excluding carboxylic acids is 1. The van der Waals surface area contributed by atoms with Gasteiger partial charge in [0.05, 0.1) is 0 Å². The van der Waals surface area contributed by atoms with E-state index in [0.29, 0.717) is 5.56 Å². The molecule has 0 radical (unpaired) electrons. The van der Waals surface area contributed by atoms with Crippen LogP contribution >= 0.6 is 11.8 Å². The molecule has 0 aliphatic heterocycles. The molecule has 0 unspecified atom stereocenters. The van der Waals surface area contributed by atoms with Crippen LogP contribution in [0.2, 0.25) is 0 Å². The number of hydrogen-bond acceptors (Lipinski definition) is 3. The van der Waals surface area contributed by atoms with Crippen molar-refractivity contribution in [1.82, 2.24) is 10.3 Å². The van der Waals surface area contributed by atoms with Crippen molar-refractivity contribution in [2.45, 2.75) is 5.03 Å². The predicted octanol–water partition coefficient (Wildman–Crippen LogP) is 2.83. The van der Waals surface area contributed by atoms with Crippen molar-refractivity contribution in [2.24, 2.45) is 0 Å². The molecular formula is C14H14N2OS. The Morgan fingerprint density at radius 1 is 1.22 bits per heavy atom. The quantitative estimate of drug-likeness (QED) is 0.861. The van der Waals surface area contributed by atoms with E-state index in [1.165, 1.54) is 0 Å². The number of hydrogen-bond donors (Lipinski definition) is 1. The predicted molar refractivity (Wildman–Crippen MR) is 74.8 cm³/mol. The molecule has 0 aliphatic rings. The monoisotopic (exact) mass is 258 g/mol. The molecule has 1 heterocycles. The lowest BCUT2D eigenvalue weighted by Gasteiger charge is -2.07. The molecule has 0 aliphatic carbocycles. The van der Waals surface area contributed by atoms with Gasteiger partial charge in [0.15, 0.2) is 0 Å². The topological polar surface area (TPSA) is 42.0 Å². The van der Waals surface area contributed by atoms with Gasteiger partial charge in [-0.1, -0.05) is 18.2 Å². The van der Waals surface area contributed by atoms with Crippen LogP contribution in [-0.2, 0) is 0 Å². The number of amides is 1. The first-order valence-corrected chi connectivity index (χ1v) is 6.80. The van der Waals surface area contributed by atoms with Gasteiger partial charge >= 0.3 is 0 Å². The fraction of sp³-hybridized carbons (Fsp3) is 0.143. The van der Waals surface area contributed by atoms with Crippen molar-refractivity contribution in [1.29, 1.82) is 0 Å². The van der Waals surface area contributed by atoms with Crippen LogP contribution in [0.15, 0.2) is 47.6 Å². The van der Waals surface area contributed by atoms with Crippen molar-refractivity contribution in [3.63, 3.8) is 0 Å². The summed E-state index contributed by atoms with van der Waals surface area (Å²) in [7, 11) is 1.63. The number of rotatable bonds is 3. The molecule has 0 saturated heterocycles. The van der Waals surface area contributed by atoms with Crippen LogP contribution in [0.3, 0.4) is 0 Å². The molecule has 0 bridgehead atoms. The van der Waals surface area contributed by atoms with Gasteiger partial charge in [0, 0.05) is 24.4 Å². The fourth-order valence-electron chi connectivity index (χ4n) is 1.72. The summed E-state index contributed by atoms with van der Waals surface area (Å²) in [6.07, 6.45) is 3.79. The molecule has 1 aromatic carbocycles. The van der Waals surface area contributed by atoms with Gasteiger partial charge < -0.3 is 5.32 Å². The van der Waals surface area contributed by atoms with Crippen molar-refractivity contribution >= 4 is 17.7 Å². The first kappa shape index (κ1) is 12.6. The van der Waals surface area contributed by atoms with Gasteiger partial charge in [-0.3, -0.25) is 4.79 Å². The Bertz CT molecular complexity index is 552. The molecule has 18 heavy (non-hydrogen) atoms. The normalized spacial score (nSPS) is 10.1. The molecule has 1 amide bonds. The van der Waals surface area contributed by atoms with Gasteiger partial charge in [-0.05, 0) is 30.0 Å².